The number of benzene rings is 2. The van der Waals surface area contributed by atoms with E-state index in [2.05, 4.69) is 19.3 Å². The molecule has 186 valence electrons. The van der Waals surface area contributed by atoms with E-state index in [9.17, 15) is 18.9 Å². The van der Waals surface area contributed by atoms with Gasteiger partial charge in [-0.1, -0.05) is 68.4 Å². The average Bonchev–Trinajstić information content (AvgIpc) is 3.22. The van der Waals surface area contributed by atoms with Crippen LogP contribution in [0.25, 0.3) is 0 Å². The highest BCUT2D eigenvalue weighted by molar-refractivity contribution is 5.90. The van der Waals surface area contributed by atoms with E-state index in [1.807, 2.05) is 54.6 Å². The molecule has 35 heavy (non-hydrogen) atoms. The number of hydrogen-bond donors (Lipinski definition) is 1. The highest BCUT2D eigenvalue weighted by atomic mass is 19.1. The smallest absolute Gasteiger partial charge is 0.313 e. The first-order chi connectivity index (χ1) is 16.6. The van der Waals surface area contributed by atoms with Crippen molar-refractivity contribution in [1.82, 2.24) is 15.2 Å². The number of hydrogen-bond acceptors (Lipinski definition) is 3. The van der Waals surface area contributed by atoms with Crippen molar-refractivity contribution in [2.24, 2.45) is 0 Å². The van der Waals surface area contributed by atoms with Gasteiger partial charge in [0.05, 0.1) is 31.0 Å². The molecule has 9 heteroatoms. The zero-order valence-corrected chi connectivity index (χ0v) is 20.2. The lowest BCUT2D eigenvalue weighted by Gasteiger charge is -2.44. The van der Waals surface area contributed by atoms with Crippen LogP contribution in [0.15, 0.2) is 54.6 Å². The first kappa shape index (κ1) is 24.8. The van der Waals surface area contributed by atoms with Crippen LogP contribution in [-0.2, 0) is 9.59 Å². The van der Waals surface area contributed by atoms with Gasteiger partial charge in [-0.25, -0.2) is 8.78 Å². The molecule has 0 aliphatic carbocycles. The van der Waals surface area contributed by atoms with Crippen LogP contribution in [0.2, 0.25) is 0 Å². The number of likely N-dealkylation sites (tertiary alicyclic amines) is 2. The van der Waals surface area contributed by atoms with Gasteiger partial charge in [0.25, 0.3) is 5.91 Å². The van der Waals surface area contributed by atoms with E-state index < -0.39 is 30.0 Å². The highest BCUT2D eigenvalue weighted by Gasteiger charge is 2.58. The molecule has 4 rings (SSSR count). The summed E-state index contributed by atoms with van der Waals surface area (Å²) in [5.74, 6) is -0.949. The zero-order chi connectivity index (χ0) is 25.3. The summed E-state index contributed by atoms with van der Waals surface area (Å²) in [5.41, 5.74) is 3.38. The van der Waals surface area contributed by atoms with Gasteiger partial charge >= 0.3 is 6.17 Å². The van der Waals surface area contributed by atoms with Gasteiger partial charge in [0.1, 0.15) is 17.1 Å². The second-order valence-electron chi connectivity index (χ2n) is 9.73. The molecule has 2 heterocycles. The molecule has 2 fully saturated rings. The minimum absolute atomic E-state index is 0.234. The van der Waals surface area contributed by atoms with Crippen LogP contribution in [0.1, 0.15) is 55.8 Å². The number of nitroso groups, excluding NO2 is 1. The number of nitrogens with one attached hydrogen (secondary N) is 1. The molecule has 7 nitrogen and oxygen atoms in total. The van der Waals surface area contributed by atoms with Crippen molar-refractivity contribution in [3.05, 3.63) is 76.2 Å². The summed E-state index contributed by atoms with van der Waals surface area (Å²) in [6, 6.07) is 16.6. The van der Waals surface area contributed by atoms with Gasteiger partial charge in [-0.3, -0.25) is 14.5 Å². The Morgan fingerprint density at radius 3 is 2.17 bits per heavy atom. The van der Waals surface area contributed by atoms with Crippen molar-refractivity contribution in [1.29, 1.82) is 0 Å². The van der Waals surface area contributed by atoms with E-state index in [0.717, 1.165) is 21.6 Å². The fourth-order valence-corrected chi connectivity index (χ4v) is 4.65. The molecule has 0 aromatic heterocycles. The predicted molar refractivity (Wildman–Crippen MR) is 127 cm³/mol. The standard InChI is InChI=1S/C26H31F2N4O3/c1-17(2)19-9-11-21(12-10-19)24(20-7-5-4-6-8-20)29-32(35)23-13-22(27)14-31(23)25(34)26(28)15-30(16-26)18(3)33/h4-12,17,22-24H,13-16H2,1-3H3,(H,29,35)/q+1/t22-,23-,24+/m1/s1. The maximum atomic E-state index is 15.2. The summed E-state index contributed by atoms with van der Waals surface area (Å²) in [6.45, 7) is 4.34. The molecule has 2 aromatic rings. The minimum atomic E-state index is -2.31. The fourth-order valence-electron chi connectivity index (χ4n) is 4.65. The molecule has 3 atom stereocenters. The Bertz CT molecular complexity index is 1090. The van der Waals surface area contributed by atoms with E-state index in [-0.39, 0.29) is 32.0 Å². The van der Waals surface area contributed by atoms with Crippen molar-refractivity contribution in [2.75, 3.05) is 19.6 Å². The van der Waals surface area contributed by atoms with Crippen LogP contribution in [0, 0.1) is 4.91 Å². The van der Waals surface area contributed by atoms with Gasteiger partial charge in [-0.2, -0.15) is 0 Å². The zero-order valence-electron chi connectivity index (χ0n) is 20.2. The number of amides is 2. The van der Waals surface area contributed by atoms with Crippen LogP contribution in [-0.4, -0.2) is 64.1 Å². The molecule has 0 unspecified atom stereocenters. The summed E-state index contributed by atoms with van der Waals surface area (Å²) < 4.78 is 29.6. The molecule has 0 radical (unpaired) electrons. The monoisotopic (exact) mass is 485 g/mol. The third-order valence-electron chi connectivity index (χ3n) is 6.79. The number of hydrazine groups is 1. The molecule has 0 saturated carbocycles. The van der Waals surface area contributed by atoms with Crippen molar-refractivity contribution in [3.63, 3.8) is 0 Å². The highest BCUT2D eigenvalue weighted by Crippen LogP contribution is 2.33. The van der Waals surface area contributed by atoms with Crippen molar-refractivity contribution in [2.45, 2.75) is 57.2 Å². The molecule has 2 aliphatic rings. The van der Waals surface area contributed by atoms with E-state index in [4.69, 9.17) is 0 Å². The Morgan fingerprint density at radius 2 is 1.60 bits per heavy atom. The number of carbonyl (C=O) groups excluding carboxylic acids is 2. The Morgan fingerprint density at radius 1 is 1.03 bits per heavy atom. The lowest BCUT2D eigenvalue weighted by molar-refractivity contribution is -0.660. The van der Waals surface area contributed by atoms with E-state index in [1.54, 1.807) is 0 Å². The molecule has 2 saturated heterocycles. The molecular weight excluding hydrogens is 454 g/mol. The lowest BCUT2D eigenvalue weighted by atomic mass is 9.94. The SMILES string of the molecule is CC(=O)N1CC(F)(C(=O)N2C[C@H](F)C[C@H]2[N+](=O)N[C@@H](c2ccccc2)c2ccc(C(C)C)cc2)C1. The van der Waals surface area contributed by atoms with Gasteiger partial charge in [0.2, 0.25) is 11.6 Å². The number of carbonyl (C=O) groups is 2. The summed E-state index contributed by atoms with van der Waals surface area (Å²) in [7, 11) is 0. The Hall–Kier alpha value is -3.36. The summed E-state index contributed by atoms with van der Waals surface area (Å²) >= 11 is 0. The Balaban J connectivity index is 1.55. The van der Waals surface area contributed by atoms with Gasteiger partial charge in [0.15, 0.2) is 0 Å². The molecule has 2 aromatic carbocycles. The number of alkyl halides is 2. The van der Waals surface area contributed by atoms with E-state index in [1.165, 1.54) is 11.8 Å². The topological polar surface area (TPSA) is 72.7 Å². The number of halogens is 2. The first-order valence-corrected chi connectivity index (χ1v) is 11.9. The second kappa shape index (κ2) is 9.71. The average molecular weight is 486 g/mol. The third-order valence-corrected chi connectivity index (χ3v) is 6.79. The van der Waals surface area contributed by atoms with Gasteiger partial charge < -0.3 is 4.90 Å². The van der Waals surface area contributed by atoms with E-state index >= 15 is 4.39 Å². The summed E-state index contributed by atoms with van der Waals surface area (Å²) in [5, 5.41) is 0. The van der Waals surface area contributed by atoms with Crippen LogP contribution < -0.4 is 5.43 Å². The molecule has 0 spiro atoms. The van der Waals surface area contributed by atoms with Crippen LogP contribution in [0.4, 0.5) is 8.78 Å². The van der Waals surface area contributed by atoms with Crippen LogP contribution in [0.5, 0.6) is 0 Å². The second-order valence-corrected chi connectivity index (χ2v) is 9.73. The molecule has 0 bridgehead atoms. The largest absolute Gasteiger partial charge is 0.335 e. The number of rotatable bonds is 7. The third kappa shape index (κ3) is 5.04. The normalized spacial score (nSPS) is 22.0. The summed E-state index contributed by atoms with van der Waals surface area (Å²) in [6.07, 6.45) is -2.89. The number of nitrogens with zero attached hydrogens (tertiary/aromatic N) is 3. The van der Waals surface area contributed by atoms with Crippen molar-refractivity contribution >= 4 is 11.8 Å². The van der Waals surface area contributed by atoms with Gasteiger partial charge in [0, 0.05) is 6.92 Å². The van der Waals surface area contributed by atoms with Crippen molar-refractivity contribution < 1.29 is 23.2 Å². The maximum Gasteiger partial charge on any atom is 0.313 e. The molecular formula is C26H31F2N4O3+. The molecule has 2 amide bonds. The quantitative estimate of drug-likeness (QED) is 0.480. The van der Waals surface area contributed by atoms with Crippen LogP contribution >= 0.6 is 0 Å². The molecule has 1 N–H and O–H groups in total. The fraction of sp³-hybridized carbons (Fsp3) is 0.462. The van der Waals surface area contributed by atoms with E-state index in [0.29, 0.717) is 10.8 Å². The lowest BCUT2D eigenvalue weighted by Crippen LogP contribution is -2.68. The van der Waals surface area contributed by atoms with Crippen molar-refractivity contribution in [3.8, 4) is 0 Å². The Labute approximate surface area is 203 Å². The van der Waals surface area contributed by atoms with Gasteiger partial charge in [-0.15, -0.1) is 5.43 Å². The minimum Gasteiger partial charge on any atom is -0.335 e. The summed E-state index contributed by atoms with van der Waals surface area (Å²) in [4.78, 5) is 40.3. The van der Waals surface area contributed by atoms with Gasteiger partial charge in [-0.05, 0) is 22.6 Å². The predicted octanol–water partition coefficient (Wildman–Crippen LogP) is 3.65. The first-order valence-electron chi connectivity index (χ1n) is 11.9. The van der Waals surface area contributed by atoms with Crippen LogP contribution in [0.3, 0.4) is 0 Å². The maximum absolute atomic E-state index is 15.2. The molecule has 2 aliphatic heterocycles. The Kier molecular flexibility index (Phi) is 6.87.